The summed E-state index contributed by atoms with van der Waals surface area (Å²) in [6.45, 7) is 2.18. The number of anilines is 2. The zero-order valence-corrected chi connectivity index (χ0v) is 11.4. The number of hydrogen-bond donors (Lipinski definition) is 2. The van der Waals surface area contributed by atoms with E-state index in [2.05, 4.69) is 10.6 Å². The molecule has 2 N–H and O–H groups in total. The number of halogens is 1. The second-order valence-electron chi connectivity index (χ2n) is 4.22. The lowest BCUT2D eigenvalue weighted by molar-refractivity contribution is -0.114. The van der Waals surface area contributed by atoms with Crippen LogP contribution in [0.1, 0.15) is 5.56 Å². The van der Waals surface area contributed by atoms with Crippen molar-refractivity contribution < 1.29 is 4.79 Å². The topological polar surface area (TPSA) is 41.1 Å². The zero-order chi connectivity index (χ0) is 13.7. The first-order valence-corrected chi connectivity index (χ1v) is 6.38. The van der Waals surface area contributed by atoms with Gasteiger partial charge in [0.05, 0.1) is 6.54 Å². The lowest BCUT2D eigenvalue weighted by atomic mass is 10.2. The SMILES string of the molecule is Cc1ccccc1NC(=O)CNc1ccc(Cl)cc1. The third-order valence-corrected chi connectivity index (χ3v) is 2.97. The maximum Gasteiger partial charge on any atom is 0.243 e. The number of benzene rings is 2. The third kappa shape index (κ3) is 4.00. The van der Waals surface area contributed by atoms with Crippen molar-refractivity contribution in [1.29, 1.82) is 0 Å². The fourth-order valence-corrected chi connectivity index (χ4v) is 1.78. The average Bonchev–Trinajstić information content (AvgIpc) is 2.41. The van der Waals surface area contributed by atoms with Crippen LogP contribution in [-0.4, -0.2) is 12.5 Å². The summed E-state index contributed by atoms with van der Waals surface area (Å²) in [7, 11) is 0. The molecule has 98 valence electrons. The minimum Gasteiger partial charge on any atom is -0.376 e. The number of carbonyl (C=O) groups excluding carboxylic acids is 1. The number of hydrogen-bond acceptors (Lipinski definition) is 2. The van der Waals surface area contributed by atoms with Gasteiger partial charge in [0.15, 0.2) is 0 Å². The van der Waals surface area contributed by atoms with Gasteiger partial charge < -0.3 is 10.6 Å². The Bertz CT molecular complexity index is 567. The molecule has 0 fully saturated rings. The highest BCUT2D eigenvalue weighted by atomic mass is 35.5. The van der Waals surface area contributed by atoms with Crippen LogP contribution in [0, 0.1) is 6.92 Å². The van der Waals surface area contributed by atoms with Crippen LogP contribution in [0.2, 0.25) is 5.02 Å². The van der Waals surface area contributed by atoms with E-state index in [-0.39, 0.29) is 12.5 Å². The van der Waals surface area contributed by atoms with Gasteiger partial charge in [-0.3, -0.25) is 4.79 Å². The predicted octanol–water partition coefficient (Wildman–Crippen LogP) is 3.70. The van der Waals surface area contributed by atoms with Crippen LogP contribution < -0.4 is 10.6 Å². The molecule has 4 heteroatoms. The van der Waals surface area contributed by atoms with Crippen molar-refractivity contribution in [2.45, 2.75) is 6.92 Å². The van der Waals surface area contributed by atoms with E-state index in [9.17, 15) is 4.79 Å². The summed E-state index contributed by atoms with van der Waals surface area (Å²) < 4.78 is 0. The Labute approximate surface area is 117 Å². The number of amides is 1. The molecule has 0 spiro atoms. The number of rotatable bonds is 4. The molecular formula is C15H15ClN2O. The van der Waals surface area contributed by atoms with Crippen molar-refractivity contribution in [2.75, 3.05) is 17.2 Å². The first-order chi connectivity index (χ1) is 9.15. The Kier molecular flexibility index (Phi) is 4.42. The van der Waals surface area contributed by atoms with Gasteiger partial charge in [0.25, 0.3) is 0 Å². The molecule has 1 amide bonds. The number of carbonyl (C=O) groups is 1. The van der Waals surface area contributed by atoms with Gasteiger partial charge in [-0.25, -0.2) is 0 Å². The summed E-state index contributed by atoms with van der Waals surface area (Å²) in [5, 5.41) is 6.58. The van der Waals surface area contributed by atoms with E-state index >= 15 is 0 Å². The Morgan fingerprint density at radius 3 is 2.47 bits per heavy atom. The molecule has 0 radical (unpaired) electrons. The van der Waals surface area contributed by atoms with Crippen LogP contribution in [-0.2, 0) is 4.79 Å². The number of nitrogens with one attached hydrogen (secondary N) is 2. The second-order valence-corrected chi connectivity index (χ2v) is 4.66. The highest BCUT2D eigenvalue weighted by Crippen LogP contribution is 2.14. The Hall–Kier alpha value is -2.00. The highest BCUT2D eigenvalue weighted by molar-refractivity contribution is 6.30. The zero-order valence-electron chi connectivity index (χ0n) is 10.6. The largest absolute Gasteiger partial charge is 0.376 e. The fourth-order valence-electron chi connectivity index (χ4n) is 1.66. The molecule has 0 saturated heterocycles. The first kappa shape index (κ1) is 13.4. The van der Waals surface area contributed by atoms with Crippen LogP contribution in [0.5, 0.6) is 0 Å². The molecule has 2 aromatic carbocycles. The van der Waals surface area contributed by atoms with E-state index in [0.717, 1.165) is 16.9 Å². The monoisotopic (exact) mass is 274 g/mol. The van der Waals surface area contributed by atoms with E-state index in [1.807, 2.05) is 43.3 Å². The van der Waals surface area contributed by atoms with Gasteiger partial charge in [-0.15, -0.1) is 0 Å². The van der Waals surface area contributed by atoms with Crippen molar-refractivity contribution in [3.05, 3.63) is 59.1 Å². The molecule has 0 aliphatic rings. The quantitative estimate of drug-likeness (QED) is 0.893. The van der Waals surface area contributed by atoms with E-state index in [1.165, 1.54) is 0 Å². The Balaban J connectivity index is 1.88. The van der Waals surface area contributed by atoms with Gasteiger partial charge in [0.2, 0.25) is 5.91 Å². The molecule has 0 aromatic heterocycles. The van der Waals surface area contributed by atoms with E-state index in [0.29, 0.717) is 5.02 Å². The van der Waals surface area contributed by atoms with Crippen LogP contribution in [0.4, 0.5) is 11.4 Å². The third-order valence-electron chi connectivity index (χ3n) is 2.72. The second kappa shape index (κ2) is 6.25. The molecule has 3 nitrogen and oxygen atoms in total. The van der Waals surface area contributed by atoms with Gasteiger partial charge in [-0.1, -0.05) is 29.8 Å². The number of para-hydroxylation sites is 1. The van der Waals surface area contributed by atoms with Crippen molar-refractivity contribution >= 4 is 28.9 Å². The molecule has 0 aliphatic carbocycles. The molecule has 0 aliphatic heterocycles. The summed E-state index contributed by atoms with van der Waals surface area (Å²) in [5.41, 5.74) is 2.75. The predicted molar refractivity (Wildman–Crippen MR) is 79.8 cm³/mol. The minimum atomic E-state index is -0.0794. The lowest BCUT2D eigenvalue weighted by Gasteiger charge is -2.09. The summed E-state index contributed by atoms with van der Waals surface area (Å²) in [6.07, 6.45) is 0. The van der Waals surface area contributed by atoms with Crippen LogP contribution in [0.15, 0.2) is 48.5 Å². The molecule has 2 rings (SSSR count). The average molecular weight is 275 g/mol. The smallest absolute Gasteiger partial charge is 0.243 e. The van der Waals surface area contributed by atoms with Gasteiger partial charge in [-0.2, -0.15) is 0 Å². The molecule has 0 saturated carbocycles. The lowest BCUT2D eigenvalue weighted by Crippen LogP contribution is -2.22. The highest BCUT2D eigenvalue weighted by Gasteiger charge is 2.03. The van der Waals surface area contributed by atoms with E-state index < -0.39 is 0 Å². The fraction of sp³-hybridized carbons (Fsp3) is 0.133. The van der Waals surface area contributed by atoms with Gasteiger partial charge >= 0.3 is 0 Å². The van der Waals surface area contributed by atoms with Crippen molar-refractivity contribution in [2.24, 2.45) is 0 Å². The molecule has 0 bridgehead atoms. The summed E-state index contributed by atoms with van der Waals surface area (Å²) in [6, 6.07) is 14.9. The summed E-state index contributed by atoms with van der Waals surface area (Å²) in [4.78, 5) is 11.8. The molecule has 19 heavy (non-hydrogen) atoms. The molecular weight excluding hydrogens is 260 g/mol. The van der Waals surface area contributed by atoms with Crippen molar-refractivity contribution in [3.8, 4) is 0 Å². The first-order valence-electron chi connectivity index (χ1n) is 6.00. The molecule has 0 heterocycles. The standard InChI is InChI=1S/C15H15ClN2O/c1-11-4-2-3-5-14(11)18-15(19)10-17-13-8-6-12(16)7-9-13/h2-9,17H,10H2,1H3,(H,18,19). The van der Waals surface area contributed by atoms with E-state index in [4.69, 9.17) is 11.6 Å². The molecule has 0 atom stereocenters. The number of aryl methyl sites for hydroxylation is 1. The Morgan fingerprint density at radius 2 is 1.79 bits per heavy atom. The Morgan fingerprint density at radius 1 is 1.11 bits per heavy atom. The van der Waals surface area contributed by atoms with E-state index in [1.54, 1.807) is 12.1 Å². The van der Waals surface area contributed by atoms with Gasteiger partial charge in [-0.05, 0) is 42.8 Å². The van der Waals surface area contributed by atoms with Crippen LogP contribution >= 0.6 is 11.6 Å². The summed E-state index contributed by atoms with van der Waals surface area (Å²) >= 11 is 5.79. The maximum absolute atomic E-state index is 11.8. The summed E-state index contributed by atoms with van der Waals surface area (Å²) in [5.74, 6) is -0.0794. The van der Waals surface area contributed by atoms with Gasteiger partial charge in [0.1, 0.15) is 0 Å². The van der Waals surface area contributed by atoms with Crippen LogP contribution in [0.25, 0.3) is 0 Å². The molecule has 2 aromatic rings. The minimum absolute atomic E-state index is 0.0794. The van der Waals surface area contributed by atoms with Gasteiger partial charge in [0, 0.05) is 16.4 Å². The van der Waals surface area contributed by atoms with Crippen LogP contribution in [0.3, 0.4) is 0 Å². The normalized spacial score (nSPS) is 10.0. The van der Waals surface area contributed by atoms with Crippen molar-refractivity contribution in [1.82, 2.24) is 0 Å². The van der Waals surface area contributed by atoms with Crippen molar-refractivity contribution in [3.63, 3.8) is 0 Å². The molecule has 0 unspecified atom stereocenters. The maximum atomic E-state index is 11.8.